The van der Waals surface area contributed by atoms with Crippen molar-refractivity contribution in [3.8, 4) is 28.6 Å². The number of aliphatic hydroxyl groups excluding tert-OH is 2. The fraction of sp³-hybridized carbons (Fsp3) is 0.444. The highest BCUT2D eigenvalue weighted by molar-refractivity contribution is 5.76. The number of benzene rings is 2. The van der Waals surface area contributed by atoms with Crippen LogP contribution in [0.2, 0.25) is 0 Å². The van der Waals surface area contributed by atoms with Gasteiger partial charge in [-0.15, -0.1) is 0 Å². The number of aliphatic hydroxyl groups is 2. The average Bonchev–Trinajstić information content (AvgIpc) is 3.36. The molecule has 36 heavy (non-hydrogen) atoms. The van der Waals surface area contributed by atoms with Gasteiger partial charge in [-0.1, -0.05) is 25.1 Å². The van der Waals surface area contributed by atoms with E-state index in [2.05, 4.69) is 53.5 Å². The van der Waals surface area contributed by atoms with Gasteiger partial charge < -0.3 is 29.7 Å². The minimum Gasteiger partial charge on any atom is -0.490 e. The Labute approximate surface area is 212 Å². The van der Waals surface area contributed by atoms with Gasteiger partial charge in [0.15, 0.2) is 0 Å². The Kier molecular flexibility index (Phi) is 9.58. The summed E-state index contributed by atoms with van der Waals surface area (Å²) in [5.41, 5.74) is 6.08. The van der Waals surface area contributed by atoms with Crippen molar-refractivity contribution in [2.75, 3.05) is 33.9 Å². The van der Waals surface area contributed by atoms with Crippen LogP contribution < -0.4 is 10.1 Å². The highest BCUT2D eigenvalue weighted by Crippen LogP contribution is 2.31. The van der Waals surface area contributed by atoms with Crippen LogP contribution in [0.25, 0.3) is 22.8 Å². The minimum absolute atomic E-state index is 0.000507. The zero-order chi connectivity index (χ0) is 26.2. The van der Waals surface area contributed by atoms with Crippen molar-refractivity contribution in [3.05, 3.63) is 52.6 Å². The van der Waals surface area contributed by atoms with E-state index in [4.69, 9.17) is 14.4 Å². The molecule has 2 aromatic carbocycles. The molecule has 1 atom stereocenters. The molecule has 3 aromatic rings. The fourth-order valence-electron chi connectivity index (χ4n) is 4.01. The Balaban J connectivity index is 1.78. The van der Waals surface area contributed by atoms with Crippen LogP contribution in [0.1, 0.15) is 36.1 Å². The van der Waals surface area contributed by atoms with Crippen molar-refractivity contribution >= 4 is 5.91 Å². The maximum atomic E-state index is 11.2. The van der Waals surface area contributed by atoms with E-state index in [1.165, 1.54) is 11.1 Å². The normalized spacial score (nSPS) is 12.1. The van der Waals surface area contributed by atoms with E-state index >= 15 is 0 Å². The summed E-state index contributed by atoms with van der Waals surface area (Å²) in [6.45, 7) is 6.35. The number of hydrogen-bond donors (Lipinski definition) is 3. The molecule has 0 aliphatic rings. The van der Waals surface area contributed by atoms with Gasteiger partial charge in [-0.3, -0.25) is 4.79 Å². The number of rotatable bonds is 12. The van der Waals surface area contributed by atoms with Crippen LogP contribution in [0.15, 0.2) is 34.9 Å². The van der Waals surface area contributed by atoms with Crippen LogP contribution in [0.5, 0.6) is 5.75 Å². The molecule has 0 bridgehead atoms. The number of carbonyl (C=O) groups is 1. The molecule has 0 fully saturated rings. The van der Waals surface area contributed by atoms with Crippen LogP contribution in [0.4, 0.5) is 0 Å². The molecule has 0 spiro atoms. The first kappa shape index (κ1) is 27.3. The Hall–Kier alpha value is -3.27. The standard InChI is InChI=1S/C27H36N4O5/c1-6-18-11-20(8-9-21(18)14-31(4)5)27-29-26(30-36-27)22-10-17(3)25(19(7-2)12-22)35-16-23(33)13-28-24(34)15-32/h8-12,23,32-33H,6-7,13-16H2,1-5H3,(H,28,34). The summed E-state index contributed by atoms with van der Waals surface area (Å²) in [5.74, 6) is 1.11. The molecular formula is C27H36N4O5. The lowest BCUT2D eigenvalue weighted by Crippen LogP contribution is -2.36. The summed E-state index contributed by atoms with van der Waals surface area (Å²) < 4.78 is 11.5. The third-order valence-electron chi connectivity index (χ3n) is 5.84. The molecule has 1 amide bonds. The van der Waals surface area contributed by atoms with Gasteiger partial charge in [0.05, 0.1) is 0 Å². The van der Waals surface area contributed by atoms with Crippen LogP contribution in [0.3, 0.4) is 0 Å². The predicted molar refractivity (Wildman–Crippen MR) is 138 cm³/mol. The van der Waals surface area contributed by atoms with Gasteiger partial charge in [0.2, 0.25) is 11.7 Å². The second-order valence-corrected chi connectivity index (χ2v) is 9.06. The molecule has 0 radical (unpaired) electrons. The van der Waals surface area contributed by atoms with E-state index in [0.29, 0.717) is 23.9 Å². The number of aromatic nitrogens is 2. The van der Waals surface area contributed by atoms with Crippen molar-refractivity contribution in [3.63, 3.8) is 0 Å². The first-order valence-electron chi connectivity index (χ1n) is 12.2. The third kappa shape index (κ3) is 6.90. The molecular weight excluding hydrogens is 460 g/mol. The predicted octanol–water partition coefficient (Wildman–Crippen LogP) is 2.75. The summed E-state index contributed by atoms with van der Waals surface area (Å²) in [6.07, 6.45) is 0.724. The number of nitrogens with zero attached hydrogens (tertiary/aromatic N) is 3. The lowest BCUT2D eigenvalue weighted by Gasteiger charge is -2.17. The largest absolute Gasteiger partial charge is 0.490 e. The molecule has 0 aliphatic carbocycles. The van der Waals surface area contributed by atoms with Gasteiger partial charge in [0.1, 0.15) is 25.1 Å². The fourth-order valence-corrected chi connectivity index (χ4v) is 4.01. The van der Waals surface area contributed by atoms with Crippen molar-refractivity contribution in [2.24, 2.45) is 0 Å². The van der Waals surface area contributed by atoms with E-state index in [-0.39, 0.29) is 13.2 Å². The van der Waals surface area contributed by atoms with Crippen LogP contribution in [-0.4, -0.2) is 71.1 Å². The van der Waals surface area contributed by atoms with E-state index in [0.717, 1.165) is 35.2 Å². The molecule has 1 unspecified atom stereocenters. The first-order chi connectivity index (χ1) is 17.2. The zero-order valence-electron chi connectivity index (χ0n) is 21.7. The van der Waals surface area contributed by atoms with Crippen LogP contribution >= 0.6 is 0 Å². The Morgan fingerprint density at radius 2 is 1.83 bits per heavy atom. The Bertz CT molecular complexity index is 1170. The number of carbonyl (C=O) groups excluding carboxylic acids is 1. The maximum absolute atomic E-state index is 11.2. The van der Waals surface area contributed by atoms with Crippen molar-refractivity contribution in [1.29, 1.82) is 0 Å². The molecule has 3 rings (SSSR count). The molecule has 0 aliphatic heterocycles. The Morgan fingerprint density at radius 3 is 2.50 bits per heavy atom. The second kappa shape index (κ2) is 12.6. The molecule has 3 N–H and O–H groups in total. The number of amides is 1. The average molecular weight is 497 g/mol. The van der Waals surface area contributed by atoms with Gasteiger partial charge in [0.25, 0.3) is 5.89 Å². The number of ether oxygens (including phenoxy) is 1. The van der Waals surface area contributed by atoms with Gasteiger partial charge >= 0.3 is 0 Å². The lowest BCUT2D eigenvalue weighted by molar-refractivity contribution is -0.124. The van der Waals surface area contributed by atoms with Crippen LogP contribution in [0, 0.1) is 6.92 Å². The molecule has 9 nitrogen and oxygen atoms in total. The quantitative estimate of drug-likeness (QED) is 0.350. The third-order valence-corrected chi connectivity index (χ3v) is 5.84. The van der Waals surface area contributed by atoms with Gasteiger partial charge in [-0.05, 0) is 80.4 Å². The molecule has 1 aromatic heterocycles. The molecule has 0 saturated heterocycles. The van der Waals surface area contributed by atoms with Crippen molar-refractivity contribution < 1.29 is 24.3 Å². The highest BCUT2D eigenvalue weighted by Gasteiger charge is 2.17. The molecule has 194 valence electrons. The van der Waals surface area contributed by atoms with Crippen molar-refractivity contribution in [2.45, 2.75) is 46.3 Å². The van der Waals surface area contributed by atoms with E-state index in [9.17, 15) is 9.90 Å². The molecule has 0 saturated carbocycles. The van der Waals surface area contributed by atoms with Gasteiger partial charge in [0, 0.05) is 24.2 Å². The Morgan fingerprint density at radius 1 is 1.11 bits per heavy atom. The smallest absolute Gasteiger partial charge is 0.258 e. The minimum atomic E-state index is -0.902. The summed E-state index contributed by atoms with van der Waals surface area (Å²) in [6, 6.07) is 10.1. The summed E-state index contributed by atoms with van der Waals surface area (Å²) in [5, 5.41) is 25.5. The molecule has 1 heterocycles. The van der Waals surface area contributed by atoms with E-state index < -0.39 is 18.6 Å². The zero-order valence-corrected chi connectivity index (χ0v) is 21.7. The summed E-state index contributed by atoms with van der Waals surface area (Å²) in [7, 11) is 4.11. The number of nitrogens with one attached hydrogen (secondary N) is 1. The molecule has 9 heteroatoms. The monoisotopic (exact) mass is 496 g/mol. The number of aryl methyl sites for hydroxylation is 3. The second-order valence-electron chi connectivity index (χ2n) is 9.06. The van der Waals surface area contributed by atoms with Crippen LogP contribution in [-0.2, 0) is 24.2 Å². The van der Waals surface area contributed by atoms with E-state index in [1.54, 1.807) is 0 Å². The summed E-state index contributed by atoms with van der Waals surface area (Å²) >= 11 is 0. The van der Waals surface area contributed by atoms with Crippen molar-refractivity contribution in [1.82, 2.24) is 20.4 Å². The van der Waals surface area contributed by atoms with Gasteiger partial charge in [-0.25, -0.2) is 0 Å². The SMILES string of the molecule is CCc1cc(-c2nc(-c3cc(C)c(OCC(O)CNC(=O)CO)c(CC)c3)no2)ccc1CN(C)C. The van der Waals surface area contributed by atoms with E-state index in [1.807, 2.05) is 32.0 Å². The van der Waals surface area contributed by atoms with Gasteiger partial charge in [-0.2, -0.15) is 4.98 Å². The number of hydrogen-bond acceptors (Lipinski definition) is 8. The highest BCUT2D eigenvalue weighted by atomic mass is 16.5. The maximum Gasteiger partial charge on any atom is 0.258 e. The topological polar surface area (TPSA) is 121 Å². The summed E-state index contributed by atoms with van der Waals surface area (Å²) in [4.78, 5) is 18.0. The lowest BCUT2D eigenvalue weighted by atomic mass is 10.0. The first-order valence-corrected chi connectivity index (χ1v) is 12.2.